The molecule has 0 spiro atoms. The van der Waals surface area contributed by atoms with E-state index in [1.165, 1.54) is 4.90 Å². The number of thioether (sulfide) groups is 1. The molecule has 1 saturated carbocycles. The Bertz CT molecular complexity index is 557. The number of benzene rings is 1. The lowest BCUT2D eigenvalue weighted by Gasteiger charge is -2.15. The SMILES string of the molecule is CSc1cccc(CNC(=O)[C@H]2CC(=O)N(C3CC3)C2)c1. The Kier molecular flexibility index (Phi) is 4.19. The number of amides is 2. The second kappa shape index (κ2) is 6.10. The molecule has 2 aliphatic rings. The number of nitrogens with one attached hydrogen (secondary N) is 1. The smallest absolute Gasteiger partial charge is 0.225 e. The van der Waals surface area contributed by atoms with Gasteiger partial charge in [-0.25, -0.2) is 0 Å². The number of likely N-dealkylation sites (tertiary alicyclic amines) is 1. The van der Waals surface area contributed by atoms with Gasteiger partial charge in [-0.3, -0.25) is 9.59 Å². The van der Waals surface area contributed by atoms with E-state index in [0.717, 1.165) is 18.4 Å². The summed E-state index contributed by atoms with van der Waals surface area (Å²) in [6, 6.07) is 8.56. The molecular formula is C16H20N2O2S. The third-order valence-corrected chi connectivity index (χ3v) is 4.84. The van der Waals surface area contributed by atoms with Crippen LogP contribution >= 0.6 is 11.8 Å². The highest BCUT2D eigenvalue weighted by atomic mass is 32.2. The lowest BCUT2D eigenvalue weighted by atomic mass is 10.1. The average molecular weight is 304 g/mol. The second-order valence-corrected chi connectivity index (χ2v) is 6.63. The van der Waals surface area contributed by atoms with E-state index in [0.29, 0.717) is 25.6 Å². The van der Waals surface area contributed by atoms with Crippen molar-refractivity contribution < 1.29 is 9.59 Å². The molecule has 1 aromatic rings. The van der Waals surface area contributed by atoms with Crippen molar-refractivity contribution >= 4 is 23.6 Å². The standard InChI is InChI=1S/C16H20N2O2S/c1-21-14-4-2-3-11(7-14)9-17-16(20)12-8-15(19)18(10-12)13-5-6-13/h2-4,7,12-13H,5-6,8-10H2,1H3,(H,17,20)/t12-/m0/s1. The van der Waals surface area contributed by atoms with Crippen molar-refractivity contribution in [3.8, 4) is 0 Å². The fourth-order valence-corrected chi connectivity index (χ4v) is 3.25. The zero-order valence-electron chi connectivity index (χ0n) is 12.2. The maximum absolute atomic E-state index is 12.2. The first kappa shape index (κ1) is 14.4. The topological polar surface area (TPSA) is 49.4 Å². The van der Waals surface area contributed by atoms with Crippen LogP contribution < -0.4 is 5.32 Å². The Labute approximate surface area is 129 Å². The largest absolute Gasteiger partial charge is 0.352 e. The molecular weight excluding hydrogens is 284 g/mol. The van der Waals surface area contributed by atoms with Crippen molar-refractivity contribution in [2.45, 2.75) is 36.7 Å². The molecule has 5 heteroatoms. The van der Waals surface area contributed by atoms with Crippen molar-refractivity contribution in [2.75, 3.05) is 12.8 Å². The van der Waals surface area contributed by atoms with Gasteiger partial charge in [0.15, 0.2) is 0 Å². The zero-order chi connectivity index (χ0) is 14.8. The molecule has 0 bridgehead atoms. The molecule has 1 aliphatic carbocycles. The summed E-state index contributed by atoms with van der Waals surface area (Å²) in [6.07, 6.45) is 4.60. The van der Waals surface area contributed by atoms with E-state index in [1.54, 1.807) is 11.8 Å². The molecule has 1 atom stereocenters. The molecule has 1 heterocycles. The summed E-state index contributed by atoms with van der Waals surface area (Å²) in [5.74, 6) is -0.0371. The third kappa shape index (κ3) is 3.40. The lowest BCUT2D eigenvalue weighted by molar-refractivity contribution is -0.129. The Morgan fingerprint density at radius 2 is 2.24 bits per heavy atom. The van der Waals surface area contributed by atoms with Crippen LogP contribution in [0.5, 0.6) is 0 Å². The van der Waals surface area contributed by atoms with Crippen LogP contribution in [0.25, 0.3) is 0 Å². The van der Waals surface area contributed by atoms with Crippen molar-refractivity contribution in [1.29, 1.82) is 0 Å². The molecule has 3 rings (SSSR count). The van der Waals surface area contributed by atoms with Crippen LogP contribution in [0.1, 0.15) is 24.8 Å². The van der Waals surface area contributed by atoms with E-state index >= 15 is 0 Å². The Morgan fingerprint density at radius 1 is 1.43 bits per heavy atom. The fourth-order valence-electron chi connectivity index (χ4n) is 2.76. The summed E-state index contributed by atoms with van der Waals surface area (Å²) in [4.78, 5) is 27.2. The number of carbonyl (C=O) groups is 2. The molecule has 1 saturated heterocycles. The van der Waals surface area contributed by atoms with Gasteiger partial charge in [-0.05, 0) is 36.8 Å². The van der Waals surface area contributed by atoms with Gasteiger partial charge in [0.25, 0.3) is 0 Å². The fraction of sp³-hybridized carbons (Fsp3) is 0.500. The minimum absolute atomic E-state index is 0.000976. The van der Waals surface area contributed by atoms with Gasteiger partial charge >= 0.3 is 0 Å². The van der Waals surface area contributed by atoms with Crippen LogP contribution in [0.4, 0.5) is 0 Å². The maximum atomic E-state index is 12.2. The normalized spacial score (nSPS) is 21.7. The van der Waals surface area contributed by atoms with E-state index in [2.05, 4.69) is 17.4 Å². The highest BCUT2D eigenvalue weighted by Gasteiger charge is 2.41. The third-order valence-electron chi connectivity index (χ3n) is 4.12. The Morgan fingerprint density at radius 3 is 2.95 bits per heavy atom. The van der Waals surface area contributed by atoms with E-state index in [1.807, 2.05) is 23.3 Å². The Hall–Kier alpha value is -1.49. The number of hydrogen-bond donors (Lipinski definition) is 1. The molecule has 1 aliphatic heterocycles. The average Bonchev–Trinajstić information content (AvgIpc) is 3.27. The van der Waals surface area contributed by atoms with Gasteiger partial charge in [0.05, 0.1) is 5.92 Å². The predicted molar refractivity (Wildman–Crippen MR) is 82.9 cm³/mol. The first-order valence-corrected chi connectivity index (χ1v) is 8.60. The van der Waals surface area contributed by atoms with E-state index < -0.39 is 0 Å². The van der Waals surface area contributed by atoms with Crippen molar-refractivity contribution in [2.24, 2.45) is 5.92 Å². The number of nitrogens with zero attached hydrogens (tertiary/aromatic N) is 1. The van der Waals surface area contributed by atoms with Crippen molar-refractivity contribution in [3.63, 3.8) is 0 Å². The van der Waals surface area contributed by atoms with Crippen LogP contribution in [0.2, 0.25) is 0 Å². The molecule has 1 aromatic carbocycles. The summed E-state index contributed by atoms with van der Waals surface area (Å²) in [5, 5.41) is 2.97. The monoisotopic (exact) mass is 304 g/mol. The summed E-state index contributed by atoms with van der Waals surface area (Å²) in [6.45, 7) is 1.13. The highest BCUT2D eigenvalue weighted by Crippen LogP contribution is 2.32. The minimum Gasteiger partial charge on any atom is -0.352 e. The predicted octanol–water partition coefficient (Wildman–Crippen LogP) is 2.04. The van der Waals surface area contributed by atoms with Crippen LogP contribution in [0.3, 0.4) is 0 Å². The van der Waals surface area contributed by atoms with Crippen molar-refractivity contribution in [3.05, 3.63) is 29.8 Å². The first-order valence-electron chi connectivity index (χ1n) is 7.37. The molecule has 4 nitrogen and oxygen atoms in total. The van der Waals surface area contributed by atoms with E-state index in [4.69, 9.17) is 0 Å². The Balaban J connectivity index is 1.53. The molecule has 2 amide bonds. The number of carbonyl (C=O) groups excluding carboxylic acids is 2. The molecule has 0 radical (unpaired) electrons. The number of hydrogen-bond acceptors (Lipinski definition) is 3. The molecule has 112 valence electrons. The van der Waals surface area contributed by atoms with Gasteiger partial charge in [0.2, 0.25) is 11.8 Å². The second-order valence-electron chi connectivity index (χ2n) is 5.75. The van der Waals surface area contributed by atoms with Gasteiger partial charge in [0, 0.05) is 30.4 Å². The van der Waals surface area contributed by atoms with Gasteiger partial charge in [-0.1, -0.05) is 12.1 Å². The maximum Gasteiger partial charge on any atom is 0.225 e. The van der Waals surface area contributed by atoms with Gasteiger partial charge in [0.1, 0.15) is 0 Å². The quantitative estimate of drug-likeness (QED) is 0.847. The molecule has 21 heavy (non-hydrogen) atoms. The summed E-state index contributed by atoms with van der Waals surface area (Å²) < 4.78 is 0. The zero-order valence-corrected chi connectivity index (χ0v) is 13.0. The van der Waals surface area contributed by atoms with E-state index in [-0.39, 0.29) is 17.7 Å². The van der Waals surface area contributed by atoms with Crippen LogP contribution in [0, 0.1) is 5.92 Å². The summed E-state index contributed by atoms with van der Waals surface area (Å²) in [7, 11) is 0. The lowest BCUT2D eigenvalue weighted by Crippen LogP contribution is -2.33. The highest BCUT2D eigenvalue weighted by molar-refractivity contribution is 7.98. The van der Waals surface area contributed by atoms with Gasteiger partial charge in [-0.2, -0.15) is 0 Å². The van der Waals surface area contributed by atoms with E-state index in [9.17, 15) is 9.59 Å². The van der Waals surface area contributed by atoms with Crippen LogP contribution in [0.15, 0.2) is 29.2 Å². The summed E-state index contributed by atoms with van der Waals surface area (Å²) in [5.41, 5.74) is 1.10. The van der Waals surface area contributed by atoms with Crippen LogP contribution in [-0.4, -0.2) is 35.6 Å². The van der Waals surface area contributed by atoms with Crippen LogP contribution in [-0.2, 0) is 16.1 Å². The molecule has 0 unspecified atom stereocenters. The van der Waals surface area contributed by atoms with Gasteiger partial charge < -0.3 is 10.2 Å². The van der Waals surface area contributed by atoms with Crippen molar-refractivity contribution in [1.82, 2.24) is 10.2 Å². The molecule has 0 aromatic heterocycles. The first-order chi connectivity index (χ1) is 10.2. The number of rotatable bonds is 5. The van der Waals surface area contributed by atoms with Gasteiger partial charge in [-0.15, -0.1) is 11.8 Å². The molecule has 2 fully saturated rings. The summed E-state index contributed by atoms with van der Waals surface area (Å²) >= 11 is 1.69. The minimum atomic E-state index is -0.179. The molecule has 1 N–H and O–H groups in total.